The van der Waals surface area contributed by atoms with Crippen LogP contribution in [0.15, 0.2) is 53.4 Å². The number of sulfonamides is 1. The molecule has 1 saturated heterocycles. The number of rotatable bonds is 4. The standard InChI is InChI=1S/C17H16Cl2N2O3S/c18-12-8-9-15(14(19)11-12)20-17(22)16-7-4-10-21(16)25(23,24)13-5-2-1-3-6-13/h1-3,5-6,8-9,11,16H,4,7,10H2,(H,20,22). The van der Waals surface area contributed by atoms with Crippen LogP contribution in [-0.4, -0.2) is 31.2 Å². The van der Waals surface area contributed by atoms with Crippen molar-refractivity contribution in [1.29, 1.82) is 0 Å². The van der Waals surface area contributed by atoms with Gasteiger partial charge in [0.25, 0.3) is 0 Å². The van der Waals surface area contributed by atoms with E-state index in [1.54, 1.807) is 30.3 Å². The summed E-state index contributed by atoms with van der Waals surface area (Å²) in [5.41, 5.74) is 0.403. The second-order valence-corrected chi connectivity index (χ2v) is 8.43. The van der Waals surface area contributed by atoms with Crippen LogP contribution in [0.25, 0.3) is 0 Å². The van der Waals surface area contributed by atoms with Crippen LogP contribution in [0.1, 0.15) is 12.8 Å². The molecular formula is C17H16Cl2N2O3S. The Balaban J connectivity index is 1.83. The zero-order valence-electron chi connectivity index (χ0n) is 13.2. The Hall–Kier alpha value is -1.60. The summed E-state index contributed by atoms with van der Waals surface area (Å²) in [5, 5.41) is 3.46. The summed E-state index contributed by atoms with van der Waals surface area (Å²) >= 11 is 11.9. The number of anilines is 1. The number of hydrogen-bond acceptors (Lipinski definition) is 3. The third-order valence-electron chi connectivity index (χ3n) is 4.05. The Morgan fingerprint density at radius 1 is 1.12 bits per heavy atom. The number of nitrogens with zero attached hydrogens (tertiary/aromatic N) is 1. The quantitative estimate of drug-likeness (QED) is 0.851. The first-order chi connectivity index (χ1) is 11.9. The van der Waals surface area contributed by atoms with Gasteiger partial charge in [0.05, 0.1) is 15.6 Å². The van der Waals surface area contributed by atoms with E-state index < -0.39 is 22.0 Å². The summed E-state index contributed by atoms with van der Waals surface area (Å²) in [6.45, 7) is 0.309. The molecule has 0 radical (unpaired) electrons. The van der Waals surface area contributed by atoms with E-state index in [9.17, 15) is 13.2 Å². The highest BCUT2D eigenvalue weighted by Gasteiger charge is 2.39. The third kappa shape index (κ3) is 3.82. The zero-order valence-corrected chi connectivity index (χ0v) is 15.5. The predicted octanol–water partition coefficient (Wildman–Crippen LogP) is 3.79. The molecule has 1 N–H and O–H groups in total. The first kappa shape index (κ1) is 18.2. The number of amides is 1. The van der Waals surface area contributed by atoms with Crippen molar-refractivity contribution in [1.82, 2.24) is 4.31 Å². The van der Waals surface area contributed by atoms with Crippen molar-refractivity contribution < 1.29 is 13.2 Å². The largest absolute Gasteiger partial charge is 0.323 e. The summed E-state index contributed by atoms with van der Waals surface area (Å²) in [6.07, 6.45) is 1.08. The number of carbonyl (C=O) groups excluding carboxylic acids is 1. The van der Waals surface area contributed by atoms with Crippen LogP contribution in [0.4, 0.5) is 5.69 Å². The highest BCUT2D eigenvalue weighted by atomic mass is 35.5. The molecule has 1 unspecified atom stereocenters. The van der Waals surface area contributed by atoms with Gasteiger partial charge in [-0.05, 0) is 43.2 Å². The van der Waals surface area contributed by atoms with Gasteiger partial charge in [0.1, 0.15) is 6.04 Å². The molecule has 25 heavy (non-hydrogen) atoms. The number of carbonyl (C=O) groups is 1. The Morgan fingerprint density at radius 3 is 2.52 bits per heavy atom. The van der Waals surface area contributed by atoms with Crippen molar-refractivity contribution in [2.45, 2.75) is 23.8 Å². The van der Waals surface area contributed by atoms with Crippen LogP contribution in [0.3, 0.4) is 0 Å². The van der Waals surface area contributed by atoms with Crippen LogP contribution < -0.4 is 5.32 Å². The second kappa shape index (κ2) is 7.33. The van der Waals surface area contributed by atoms with Gasteiger partial charge in [0.15, 0.2) is 0 Å². The maximum atomic E-state index is 12.8. The fourth-order valence-corrected chi connectivity index (χ4v) is 4.96. The van der Waals surface area contributed by atoms with Gasteiger partial charge in [-0.15, -0.1) is 0 Å². The number of hydrogen-bond donors (Lipinski definition) is 1. The molecule has 132 valence electrons. The monoisotopic (exact) mass is 398 g/mol. The van der Waals surface area contributed by atoms with E-state index in [1.165, 1.54) is 22.5 Å². The van der Waals surface area contributed by atoms with Crippen molar-refractivity contribution in [3.05, 3.63) is 58.6 Å². The van der Waals surface area contributed by atoms with E-state index in [0.29, 0.717) is 35.1 Å². The molecular weight excluding hydrogens is 383 g/mol. The SMILES string of the molecule is O=C(Nc1ccc(Cl)cc1Cl)C1CCCN1S(=O)(=O)c1ccccc1. The molecule has 0 aromatic heterocycles. The summed E-state index contributed by atoms with van der Waals surface area (Å²) in [7, 11) is -3.72. The van der Waals surface area contributed by atoms with Gasteiger partial charge in [-0.3, -0.25) is 4.79 Å². The molecule has 1 heterocycles. The lowest BCUT2D eigenvalue weighted by Gasteiger charge is -2.23. The fourth-order valence-electron chi connectivity index (χ4n) is 2.82. The van der Waals surface area contributed by atoms with E-state index >= 15 is 0 Å². The first-order valence-corrected chi connectivity index (χ1v) is 9.92. The molecule has 0 saturated carbocycles. The molecule has 0 bridgehead atoms. The maximum Gasteiger partial charge on any atom is 0.243 e. The van der Waals surface area contributed by atoms with Crippen molar-refractivity contribution in [2.75, 3.05) is 11.9 Å². The molecule has 0 aliphatic carbocycles. The summed E-state index contributed by atoms with van der Waals surface area (Å²) < 4.78 is 26.9. The molecule has 1 aliphatic heterocycles. The summed E-state index contributed by atoms with van der Waals surface area (Å²) in [6, 6.07) is 12.1. The fraction of sp³-hybridized carbons (Fsp3) is 0.235. The molecule has 5 nitrogen and oxygen atoms in total. The normalized spacial score (nSPS) is 18.2. The van der Waals surface area contributed by atoms with Crippen molar-refractivity contribution >= 4 is 44.8 Å². The lowest BCUT2D eigenvalue weighted by Crippen LogP contribution is -2.43. The Morgan fingerprint density at radius 2 is 1.84 bits per heavy atom. The number of benzene rings is 2. The average Bonchev–Trinajstić information content (AvgIpc) is 3.09. The van der Waals surface area contributed by atoms with Gasteiger partial charge in [0.2, 0.25) is 15.9 Å². The van der Waals surface area contributed by atoms with Gasteiger partial charge in [0, 0.05) is 11.6 Å². The lowest BCUT2D eigenvalue weighted by molar-refractivity contribution is -0.119. The van der Waals surface area contributed by atoms with Crippen LogP contribution in [0.5, 0.6) is 0 Å². The molecule has 1 amide bonds. The molecule has 0 spiro atoms. The maximum absolute atomic E-state index is 12.8. The van der Waals surface area contributed by atoms with E-state index in [0.717, 1.165) is 0 Å². The average molecular weight is 399 g/mol. The molecule has 3 rings (SSSR count). The highest BCUT2D eigenvalue weighted by molar-refractivity contribution is 7.89. The minimum Gasteiger partial charge on any atom is -0.323 e. The van der Waals surface area contributed by atoms with Crippen LogP contribution >= 0.6 is 23.2 Å². The Labute approximate surface area is 156 Å². The van der Waals surface area contributed by atoms with E-state index in [-0.39, 0.29) is 4.90 Å². The smallest absolute Gasteiger partial charge is 0.243 e. The lowest BCUT2D eigenvalue weighted by atomic mass is 10.2. The molecule has 1 atom stereocenters. The number of halogens is 2. The van der Waals surface area contributed by atoms with E-state index in [2.05, 4.69) is 5.32 Å². The minimum atomic E-state index is -3.72. The molecule has 8 heteroatoms. The van der Waals surface area contributed by atoms with Crippen molar-refractivity contribution in [3.8, 4) is 0 Å². The van der Waals surface area contributed by atoms with E-state index in [1.807, 2.05) is 0 Å². The predicted molar refractivity (Wildman–Crippen MR) is 98.4 cm³/mol. The summed E-state index contributed by atoms with van der Waals surface area (Å²) in [4.78, 5) is 12.8. The minimum absolute atomic E-state index is 0.180. The van der Waals surface area contributed by atoms with Gasteiger partial charge in [-0.1, -0.05) is 41.4 Å². The Bertz CT molecular complexity index is 888. The summed E-state index contributed by atoms with van der Waals surface area (Å²) in [5.74, 6) is -0.402. The van der Waals surface area contributed by atoms with Crippen LogP contribution in [0.2, 0.25) is 10.0 Å². The van der Waals surface area contributed by atoms with Crippen molar-refractivity contribution in [3.63, 3.8) is 0 Å². The topological polar surface area (TPSA) is 66.5 Å². The van der Waals surface area contributed by atoms with Crippen molar-refractivity contribution in [2.24, 2.45) is 0 Å². The molecule has 1 fully saturated rings. The van der Waals surface area contributed by atoms with Crippen LogP contribution in [0, 0.1) is 0 Å². The molecule has 1 aliphatic rings. The molecule has 2 aromatic rings. The third-order valence-corrected chi connectivity index (χ3v) is 6.52. The Kier molecular flexibility index (Phi) is 5.34. The number of nitrogens with one attached hydrogen (secondary N) is 1. The highest BCUT2D eigenvalue weighted by Crippen LogP contribution is 2.29. The van der Waals surface area contributed by atoms with Gasteiger partial charge >= 0.3 is 0 Å². The van der Waals surface area contributed by atoms with Gasteiger partial charge in [-0.2, -0.15) is 4.31 Å². The van der Waals surface area contributed by atoms with Crippen LogP contribution in [-0.2, 0) is 14.8 Å². The first-order valence-electron chi connectivity index (χ1n) is 7.72. The second-order valence-electron chi connectivity index (χ2n) is 5.70. The van der Waals surface area contributed by atoms with E-state index in [4.69, 9.17) is 23.2 Å². The van der Waals surface area contributed by atoms with Gasteiger partial charge < -0.3 is 5.32 Å². The zero-order chi connectivity index (χ0) is 18.0. The van der Waals surface area contributed by atoms with Gasteiger partial charge in [-0.25, -0.2) is 8.42 Å². The molecule has 2 aromatic carbocycles.